The maximum absolute atomic E-state index is 12.3. The number of carbonyl (C=O) groups is 2. The molecule has 3 rings (SSSR count). The van der Waals surface area contributed by atoms with Crippen molar-refractivity contribution < 1.29 is 19.1 Å². The molecular weight excluding hydrogens is 368 g/mol. The second-order valence-electron chi connectivity index (χ2n) is 7.05. The minimum Gasteiger partial charge on any atom is -0.492 e. The van der Waals surface area contributed by atoms with E-state index in [1.807, 2.05) is 23.1 Å². The summed E-state index contributed by atoms with van der Waals surface area (Å²) < 4.78 is 11.1. The molecule has 1 atom stereocenters. The molecule has 0 saturated carbocycles. The van der Waals surface area contributed by atoms with Gasteiger partial charge in [0, 0.05) is 32.2 Å². The van der Waals surface area contributed by atoms with E-state index in [4.69, 9.17) is 21.1 Å². The number of benzene rings is 1. The summed E-state index contributed by atoms with van der Waals surface area (Å²) in [6.45, 7) is 2.49. The highest BCUT2D eigenvalue weighted by molar-refractivity contribution is 6.32. The lowest BCUT2D eigenvalue weighted by atomic mass is 10.0. The van der Waals surface area contributed by atoms with E-state index in [1.165, 1.54) is 0 Å². The van der Waals surface area contributed by atoms with Gasteiger partial charge in [0.05, 0.1) is 11.6 Å². The molecule has 2 amide bonds. The molecule has 1 N–H and O–H groups in total. The molecule has 148 valence electrons. The summed E-state index contributed by atoms with van der Waals surface area (Å²) in [5, 5.41) is 3.64. The van der Waals surface area contributed by atoms with E-state index in [9.17, 15) is 9.59 Å². The average Bonchev–Trinajstić information content (AvgIpc) is 3.21. The zero-order valence-electron chi connectivity index (χ0n) is 15.5. The van der Waals surface area contributed by atoms with Gasteiger partial charge >= 0.3 is 0 Å². The van der Waals surface area contributed by atoms with Crippen molar-refractivity contribution in [3.8, 4) is 5.75 Å². The number of ether oxygens (including phenoxy) is 2. The van der Waals surface area contributed by atoms with E-state index in [0.717, 1.165) is 25.7 Å². The van der Waals surface area contributed by atoms with Gasteiger partial charge in [0.1, 0.15) is 11.9 Å². The molecule has 27 heavy (non-hydrogen) atoms. The standard InChI is InChI=1S/C20H27ClN2O4/c21-16-5-1-2-6-17(16)26-14-4-8-19(24)22-15-9-11-23(12-10-15)20(25)18-7-3-13-27-18/h1-2,5-6,15,18H,3-4,7-14H2,(H,22,24). The van der Waals surface area contributed by atoms with Crippen molar-refractivity contribution in [2.24, 2.45) is 0 Å². The van der Waals surface area contributed by atoms with Crippen LogP contribution in [0, 0.1) is 0 Å². The Morgan fingerprint density at radius 1 is 1.22 bits per heavy atom. The summed E-state index contributed by atoms with van der Waals surface area (Å²) in [5.74, 6) is 0.776. The average molecular weight is 395 g/mol. The third-order valence-electron chi connectivity index (χ3n) is 5.02. The summed E-state index contributed by atoms with van der Waals surface area (Å²) in [6.07, 6.45) is 4.16. The Hall–Kier alpha value is -1.79. The Labute approximate surface area is 165 Å². The Morgan fingerprint density at radius 2 is 2.00 bits per heavy atom. The topological polar surface area (TPSA) is 67.9 Å². The van der Waals surface area contributed by atoms with Crippen LogP contribution in [0.5, 0.6) is 5.75 Å². The molecule has 0 aromatic heterocycles. The maximum atomic E-state index is 12.3. The first-order valence-corrected chi connectivity index (χ1v) is 10.1. The first-order valence-electron chi connectivity index (χ1n) is 9.70. The van der Waals surface area contributed by atoms with Gasteiger partial charge in [0.25, 0.3) is 5.91 Å². The molecule has 1 unspecified atom stereocenters. The van der Waals surface area contributed by atoms with Crippen molar-refractivity contribution in [1.82, 2.24) is 10.2 Å². The van der Waals surface area contributed by atoms with Crippen LogP contribution < -0.4 is 10.1 Å². The highest BCUT2D eigenvalue weighted by Gasteiger charge is 2.31. The Bertz CT molecular complexity index is 641. The molecule has 0 spiro atoms. The number of hydrogen-bond acceptors (Lipinski definition) is 4. The molecule has 0 bridgehead atoms. The minimum absolute atomic E-state index is 0.0293. The number of hydrogen-bond donors (Lipinski definition) is 1. The van der Waals surface area contributed by atoms with E-state index in [-0.39, 0.29) is 24.0 Å². The third-order valence-corrected chi connectivity index (χ3v) is 5.33. The number of rotatable bonds is 7. The van der Waals surface area contributed by atoms with E-state index < -0.39 is 0 Å². The van der Waals surface area contributed by atoms with Crippen molar-refractivity contribution in [1.29, 1.82) is 0 Å². The SMILES string of the molecule is O=C(CCCOc1ccccc1Cl)NC1CCN(C(=O)C2CCCO2)CC1. The van der Waals surface area contributed by atoms with Crippen LogP contribution in [0.25, 0.3) is 0 Å². The Morgan fingerprint density at radius 3 is 2.70 bits per heavy atom. The van der Waals surface area contributed by atoms with Gasteiger partial charge in [0.2, 0.25) is 5.91 Å². The molecule has 1 aromatic rings. The number of piperidine rings is 1. The molecule has 2 aliphatic heterocycles. The molecule has 2 aliphatic rings. The molecule has 0 radical (unpaired) electrons. The summed E-state index contributed by atoms with van der Waals surface area (Å²) in [4.78, 5) is 26.3. The minimum atomic E-state index is -0.255. The Balaban J connectivity index is 1.30. The van der Waals surface area contributed by atoms with Crippen LogP contribution in [0.3, 0.4) is 0 Å². The molecule has 1 aromatic carbocycles. The molecule has 2 fully saturated rings. The van der Waals surface area contributed by atoms with Gasteiger partial charge in [-0.2, -0.15) is 0 Å². The number of amides is 2. The first kappa shape index (κ1) is 20.0. The quantitative estimate of drug-likeness (QED) is 0.722. The maximum Gasteiger partial charge on any atom is 0.251 e. The normalized spacial score (nSPS) is 20.5. The lowest BCUT2D eigenvalue weighted by molar-refractivity contribution is -0.142. The van der Waals surface area contributed by atoms with Crippen LogP contribution in [0.15, 0.2) is 24.3 Å². The second-order valence-corrected chi connectivity index (χ2v) is 7.46. The van der Waals surface area contributed by atoms with E-state index in [1.54, 1.807) is 6.07 Å². The van der Waals surface area contributed by atoms with E-state index >= 15 is 0 Å². The number of halogens is 1. The molecular formula is C20H27ClN2O4. The molecule has 2 saturated heterocycles. The van der Waals surface area contributed by atoms with E-state index in [2.05, 4.69) is 5.32 Å². The predicted molar refractivity (Wildman–Crippen MR) is 103 cm³/mol. The van der Waals surface area contributed by atoms with Gasteiger partial charge < -0.3 is 19.7 Å². The molecule has 7 heteroatoms. The third kappa shape index (κ3) is 5.84. The summed E-state index contributed by atoms with van der Waals surface area (Å²) in [6, 6.07) is 7.44. The number of nitrogens with one attached hydrogen (secondary N) is 1. The smallest absolute Gasteiger partial charge is 0.251 e. The zero-order chi connectivity index (χ0) is 19.1. The van der Waals surface area contributed by atoms with Gasteiger partial charge in [-0.25, -0.2) is 0 Å². The van der Waals surface area contributed by atoms with Crippen LogP contribution in [0.1, 0.15) is 38.5 Å². The fourth-order valence-electron chi connectivity index (χ4n) is 3.50. The Kier molecular flexibility index (Phi) is 7.35. The fraction of sp³-hybridized carbons (Fsp3) is 0.600. The van der Waals surface area contributed by atoms with Crippen molar-refractivity contribution in [2.75, 3.05) is 26.3 Å². The van der Waals surface area contributed by atoms with Crippen LogP contribution in [-0.4, -0.2) is 55.2 Å². The van der Waals surface area contributed by atoms with Crippen molar-refractivity contribution in [3.05, 3.63) is 29.3 Å². The monoisotopic (exact) mass is 394 g/mol. The van der Waals surface area contributed by atoms with Crippen LogP contribution in [0.4, 0.5) is 0 Å². The summed E-state index contributed by atoms with van der Waals surface area (Å²) in [5.41, 5.74) is 0. The number of carbonyl (C=O) groups excluding carboxylic acids is 2. The lowest BCUT2D eigenvalue weighted by Crippen LogP contribution is -2.49. The van der Waals surface area contributed by atoms with Crippen molar-refractivity contribution in [2.45, 2.75) is 50.7 Å². The highest BCUT2D eigenvalue weighted by atomic mass is 35.5. The van der Waals surface area contributed by atoms with Gasteiger partial charge in [-0.15, -0.1) is 0 Å². The molecule has 6 nitrogen and oxygen atoms in total. The zero-order valence-corrected chi connectivity index (χ0v) is 16.2. The van der Waals surface area contributed by atoms with Gasteiger partial charge in [-0.05, 0) is 44.2 Å². The highest BCUT2D eigenvalue weighted by Crippen LogP contribution is 2.23. The van der Waals surface area contributed by atoms with Gasteiger partial charge in [-0.3, -0.25) is 9.59 Å². The molecule has 0 aliphatic carbocycles. The predicted octanol–water partition coefficient (Wildman–Crippen LogP) is 2.79. The lowest BCUT2D eigenvalue weighted by Gasteiger charge is -2.33. The van der Waals surface area contributed by atoms with Crippen LogP contribution >= 0.6 is 11.6 Å². The van der Waals surface area contributed by atoms with Crippen LogP contribution in [0.2, 0.25) is 5.02 Å². The summed E-state index contributed by atoms with van der Waals surface area (Å²) in [7, 11) is 0. The van der Waals surface area contributed by atoms with E-state index in [0.29, 0.717) is 49.9 Å². The summed E-state index contributed by atoms with van der Waals surface area (Å²) >= 11 is 6.03. The number of para-hydroxylation sites is 1. The second kappa shape index (κ2) is 9.95. The first-order chi connectivity index (χ1) is 13.1. The fourth-order valence-corrected chi connectivity index (χ4v) is 3.69. The number of likely N-dealkylation sites (tertiary alicyclic amines) is 1. The van der Waals surface area contributed by atoms with Crippen molar-refractivity contribution >= 4 is 23.4 Å². The van der Waals surface area contributed by atoms with Crippen molar-refractivity contribution in [3.63, 3.8) is 0 Å². The molecule has 2 heterocycles. The van der Waals surface area contributed by atoms with Gasteiger partial charge in [0.15, 0.2) is 0 Å². The van der Waals surface area contributed by atoms with Crippen LogP contribution in [-0.2, 0) is 14.3 Å². The largest absolute Gasteiger partial charge is 0.492 e. The van der Waals surface area contributed by atoms with Gasteiger partial charge in [-0.1, -0.05) is 23.7 Å². The number of nitrogens with zero attached hydrogens (tertiary/aromatic N) is 1.